The molecule has 1 aliphatic heterocycles. The molecule has 0 radical (unpaired) electrons. The van der Waals surface area contributed by atoms with Gasteiger partial charge < -0.3 is 4.90 Å². The van der Waals surface area contributed by atoms with Crippen molar-refractivity contribution in [1.29, 1.82) is 0 Å². The van der Waals surface area contributed by atoms with E-state index in [1.54, 1.807) is 10.9 Å². The van der Waals surface area contributed by atoms with Gasteiger partial charge in [0.15, 0.2) is 0 Å². The van der Waals surface area contributed by atoms with E-state index in [1.165, 1.54) is 16.7 Å². The van der Waals surface area contributed by atoms with Gasteiger partial charge in [-0.15, -0.1) is 0 Å². The number of hydrogen-bond donors (Lipinski definition) is 0. The average Bonchev–Trinajstić information content (AvgIpc) is 2.91. The molecule has 1 aliphatic rings. The zero-order valence-corrected chi connectivity index (χ0v) is 15.5. The van der Waals surface area contributed by atoms with Gasteiger partial charge in [0.1, 0.15) is 0 Å². The molecular weight excluding hydrogens is 286 g/mol. The Morgan fingerprint density at radius 2 is 1.74 bits per heavy atom. The van der Waals surface area contributed by atoms with E-state index in [9.17, 15) is 4.79 Å². The first-order valence-corrected chi connectivity index (χ1v) is 8.44. The predicted molar refractivity (Wildman–Crippen MR) is 96.7 cm³/mol. The van der Waals surface area contributed by atoms with Crippen LogP contribution >= 0.6 is 0 Å². The minimum Gasteiger partial charge on any atom is -0.304 e. The van der Waals surface area contributed by atoms with Crippen LogP contribution in [-0.2, 0) is 24.8 Å². The number of fused-ring (bicyclic) bond motifs is 1. The van der Waals surface area contributed by atoms with Crippen LogP contribution in [0.2, 0.25) is 0 Å². The number of carbonyl (C=O) groups excluding carboxylic acids is 1. The maximum absolute atomic E-state index is 12.4. The first-order valence-electron chi connectivity index (χ1n) is 8.44. The Morgan fingerprint density at radius 1 is 1.09 bits per heavy atom. The van der Waals surface area contributed by atoms with Gasteiger partial charge in [-0.1, -0.05) is 45.9 Å². The van der Waals surface area contributed by atoms with Crippen molar-refractivity contribution in [2.45, 2.75) is 54.5 Å². The third-order valence-corrected chi connectivity index (χ3v) is 3.96. The van der Waals surface area contributed by atoms with Crippen molar-refractivity contribution in [2.75, 3.05) is 4.90 Å². The number of anilines is 1. The Bertz CT molecular complexity index is 659. The summed E-state index contributed by atoms with van der Waals surface area (Å²) in [5.41, 5.74) is 5.56. The second-order valence-corrected chi connectivity index (χ2v) is 5.11. The normalized spacial score (nSPS) is 12.7. The van der Waals surface area contributed by atoms with Gasteiger partial charge in [-0.2, -0.15) is 5.10 Å². The zero-order valence-electron chi connectivity index (χ0n) is 15.5. The second-order valence-electron chi connectivity index (χ2n) is 5.11. The topological polar surface area (TPSA) is 38.1 Å². The molecule has 23 heavy (non-hydrogen) atoms. The van der Waals surface area contributed by atoms with Crippen molar-refractivity contribution < 1.29 is 4.79 Å². The third-order valence-electron chi connectivity index (χ3n) is 3.96. The Morgan fingerprint density at radius 3 is 2.30 bits per heavy atom. The van der Waals surface area contributed by atoms with E-state index in [0.29, 0.717) is 13.0 Å². The molecule has 0 saturated carbocycles. The maximum Gasteiger partial charge on any atom is 0.231 e. The second kappa shape index (κ2) is 8.51. The number of amides is 1. The zero-order chi connectivity index (χ0) is 17.6. The van der Waals surface area contributed by atoms with Gasteiger partial charge in [-0.25, -0.2) is 0 Å². The number of hydrogen-bond acceptors (Lipinski definition) is 2. The molecule has 4 nitrogen and oxygen atoms in total. The molecule has 1 aromatic heterocycles. The van der Waals surface area contributed by atoms with Crippen LogP contribution in [0.5, 0.6) is 0 Å². The van der Waals surface area contributed by atoms with Crippen molar-refractivity contribution in [2.24, 2.45) is 7.05 Å². The molecule has 0 bridgehead atoms. The molecule has 3 rings (SSSR count). The quantitative estimate of drug-likeness (QED) is 0.792. The highest BCUT2D eigenvalue weighted by molar-refractivity contribution is 5.97. The summed E-state index contributed by atoms with van der Waals surface area (Å²) in [6.07, 6.45) is 2.25. The number of aryl methyl sites for hydroxylation is 2. The van der Waals surface area contributed by atoms with Gasteiger partial charge >= 0.3 is 0 Å². The molecule has 1 amide bonds. The van der Waals surface area contributed by atoms with Crippen LogP contribution in [0, 0.1) is 13.8 Å². The molecule has 0 atom stereocenters. The number of carbonyl (C=O) groups is 1. The van der Waals surface area contributed by atoms with E-state index in [2.05, 4.69) is 30.2 Å². The van der Waals surface area contributed by atoms with E-state index < -0.39 is 0 Å². The highest BCUT2D eigenvalue weighted by atomic mass is 16.2. The van der Waals surface area contributed by atoms with Crippen molar-refractivity contribution in [3.05, 3.63) is 46.8 Å². The highest BCUT2D eigenvalue weighted by Crippen LogP contribution is 2.28. The fraction of sp³-hybridized carbons (Fsp3) is 0.474. The largest absolute Gasteiger partial charge is 0.304 e. The summed E-state index contributed by atoms with van der Waals surface area (Å²) in [5, 5.41) is 4.22. The van der Waals surface area contributed by atoms with E-state index in [1.807, 2.05) is 46.6 Å². The minimum atomic E-state index is 0.151. The van der Waals surface area contributed by atoms with Crippen LogP contribution in [0.3, 0.4) is 0 Å². The lowest BCUT2D eigenvalue weighted by atomic mass is 9.94. The van der Waals surface area contributed by atoms with Crippen LogP contribution in [0.4, 0.5) is 5.69 Å². The van der Waals surface area contributed by atoms with E-state index in [0.717, 1.165) is 11.4 Å². The van der Waals surface area contributed by atoms with Crippen molar-refractivity contribution in [3.8, 4) is 0 Å². The smallest absolute Gasteiger partial charge is 0.231 e. The van der Waals surface area contributed by atoms with Crippen LogP contribution in [0.1, 0.15) is 50.1 Å². The third kappa shape index (κ3) is 3.81. The van der Waals surface area contributed by atoms with Crippen molar-refractivity contribution >= 4 is 11.6 Å². The fourth-order valence-corrected chi connectivity index (χ4v) is 2.64. The molecule has 2 aromatic rings. The van der Waals surface area contributed by atoms with Gasteiger partial charge in [0.05, 0.1) is 30.5 Å². The van der Waals surface area contributed by atoms with E-state index in [4.69, 9.17) is 0 Å². The molecule has 1 aromatic carbocycles. The average molecular weight is 315 g/mol. The first-order chi connectivity index (χ1) is 11.1. The molecule has 0 aliphatic carbocycles. The van der Waals surface area contributed by atoms with Crippen LogP contribution < -0.4 is 4.90 Å². The summed E-state index contributed by atoms with van der Waals surface area (Å²) in [6.45, 7) is 12.7. The summed E-state index contributed by atoms with van der Waals surface area (Å²) in [6, 6.07) is 6.23. The first kappa shape index (κ1) is 18.9. The highest BCUT2D eigenvalue weighted by Gasteiger charge is 2.27. The van der Waals surface area contributed by atoms with E-state index >= 15 is 0 Å². The summed E-state index contributed by atoms with van der Waals surface area (Å²) in [7, 11) is 1.89. The number of nitrogens with zero attached hydrogens (tertiary/aromatic N) is 3. The Kier molecular flexibility index (Phi) is 7.01. The number of rotatable bonds is 1. The molecule has 0 saturated heterocycles. The molecule has 2 heterocycles. The molecular formula is C19H29N3O. The van der Waals surface area contributed by atoms with Crippen LogP contribution in [-0.4, -0.2) is 15.7 Å². The SMILES string of the molecule is CC.CC.Cc1cccc2c1CC(=O)N(c1cnn(C)c1C)C2. The molecule has 4 heteroatoms. The monoisotopic (exact) mass is 315 g/mol. The Hall–Kier alpha value is -2.10. The molecule has 126 valence electrons. The summed E-state index contributed by atoms with van der Waals surface area (Å²) in [5.74, 6) is 0.151. The number of aromatic nitrogens is 2. The fourth-order valence-electron chi connectivity index (χ4n) is 2.64. The van der Waals surface area contributed by atoms with Gasteiger partial charge in [0, 0.05) is 7.05 Å². The van der Waals surface area contributed by atoms with Crippen LogP contribution in [0.15, 0.2) is 24.4 Å². The number of benzene rings is 1. The van der Waals surface area contributed by atoms with Crippen molar-refractivity contribution in [3.63, 3.8) is 0 Å². The Balaban J connectivity index is 0.000000615. The summed E-state index contributed by atoms with van der Waals surface area (Å²) < 4.78 is 1.80. The standard InChI is InChI=1S/C15H17N3O.2C2H6/c1-10-5-4-6-12-9-18(15(19)7-13(10)12)14-8-16-17(3)11(14)2;2*1-2/h4-6,8H,7,9H2,1-3H3;2*1-2H3. The summed E-state index contributed by atoms with van der Waals surface area (Å²) in [4.78, 5) is 14.2. The lowest BCUT2D eigenvalue weighted by Gasteiger charge is -2.29. The molecule has 0 N–H and O–H groups in total. The molecule has 0 fully saturated rings. The van der Waals surface area contributed by atoms with E-state index in [-0.39, 0.29) is 5.91 Å². The Labute approximate surface area is 140 Å². The maximum atomic E-state index is 12.4. The van der Waals surface area contributed by atoms with Gasteiger partial charge in [-0.05, 0) is 30.5 Å². The lowest BCUT2D eigenvalue weighted by Crippen LogP contribution is -2.36. The van der Waals surface area contributed by atoms with Crippen molar-refractivity contribution in [1.82, 2.24) is 9.78 Å². The predicted octanol–water partition coefficient (Wildman–Crippen LogP) is 4.18. The molecule has 0 spiro atoms. The lowest BCUT2D eigenvalue weighted by molar-refractivity contribution is -0.118. The van der Waals surface area contributed by atoms with Crippen LogP contribution in [0.25, 0.3) is 0 Å². The minimum absolute atomic E-state index is 0.151. The van der Waals surface area contributed by atoms with Gasteiger partial charge in [0.25, 0.3) is 0 Å². The summed E-state index contributed by atoms with van der Waals surface area (Å²) >= 11 is 0. The van der Waals surface area contributed by atoms with Gasteiger partial charge in [0.2, 0.25) is 5.91 Å². The van der Waals surface area contributed by atoms with Gasteiger partial charge in [-0.3, -0.25) is 9.48 Å². The molecule has 0 unspecified atom stereocenters.